The predicted octanol–water partition coefficient (Wildman–Crippen LogP) is 5.89. The Balaban J connectivity index is 2.13. The summed E-state index contributed by atoms with van der Waals surface area (Å²) in [6.07, 6.45) is -4.40. The third kappa shape index (κ3) is 7.63. The number of esters is 1. The highest BCUT2D eigenvalue weighted by Crippen LogP contribution is 2.36. The number of Topliss-reactive ketones (excluding diaryl/α,β-unsaturated/α-hetero) is 1. The van der Waals surface area contributed by atoms with E-state index >= 15 is 0 Å². The normalized spacial score (nSPS) is 12.5. The lowest BCUT2D eigenvalue weighted by atomic mass is 10.1. The van der Waals surface area contributed by atoms with Crippen molar-refractivity contribution in [1.29, 1.82) is 0 Å². The van der Waals surface area contributed by atoms with Gasteiger partial charge < -0.3 is 13.9 Å². The van der Waals surface area contributed by atoms with E-state index in [0.29, 0.717) is 25.2 Å². The van der Waals surface area contributed by atoms with Crippen LogP contribution in [0.3, 0.4) is 0 Å². The molecule has 36 heavy (non-hydrogen) atoms. The molecule has 0 amide bonds. The summed E-state index contributed by atoms with van der Waals surface area (Å²) in [5.41, 5.74) is -2.03. The van der Waals surface area contributed by atoms with Gasteiger partial charge in [-0.3, -0.25) is 4.79 Å². The van der Waals surface area contributed by atoms with Crippen LogP contribution in [0.15, 0.2) is 24.3 Å². The van der Waals surface area contributed by atoms with Crippen molar-refractivity contribution in [3.8, 4) is 5.88 Å². The minimum atomic E-state index is -4.96. The second-order valence-corrected chi connectivity index (χ2v) is 14.5. The van der Waals surface area contributed by atoms with Crippen molar-refractivity contribution in [2.75, 3.05) is 19.8 Å². The number of hydrogen-bond donors (Lipinski definition) is 0. The number of aromatic nitrogens is 2. The first kappa shape index (κ1) is 29.5. The van der Waals surface area contributed by atoms with Crippen LogP contribution in [-0.4, -0.2) is 49.7 Å². The molecule has 0 fully saturated rings. The molecule has 0 unspecified atom stereocenters. The van der Waals surface area contributed by atoms with E-state index in [1.54, 1.807) is 6.92 Å². The molecule has 2 aromatic rings. The lowest BCUT2D eigenvalue weighted by Gasteiger charge is -2.36. The monoisotopic (exact) mass is 532 g/mol. The molecule has 1 aromatic heterocycles. The highest BCUT2D eigenvalue weighted by molar-refractivity contribution is 6.74. The topological polar surface area (TPSA) is 79.7 Å². The van der Waals surface area contributed by atoms with Crippen LogP contribution in [0.2, 0.25) is 18.1 Å². The third-order valence-corrected chi connectivity index (χ3v) is 10.5. The minimum absolute atomic E-state index is 0.0493. The number of halogens is 4. The number of hydrogen-bond acceptors (Lipinski definition) is 6. The van der Waals surface area contributed by atoms with E-state index < -0.39 is 44.2 Å². The van der Waals surface area contributed by atoms with Crippen molar-refractivity contribution in [3.63, 3.8) is 0 Å². The van der Waals surface area contributed by atoms with Gasteiger partial charge in [0.05, 0.1) is 18.8 Å². The average Bonchev–Trinajstić information content (AvgIpc) is 3.14. The summed E-state index contributed by atoms with van der Waals surface area (Å²) in [5, 5.41) is 4.17. The molecule has 0 saturated carbocycles. The molecule has 7 nitrogen and oxygen atoms in total. The summed E-state index contributed by atoms with van der Waals surface area (Å²) in [6, 6.07) is 3.25. The zero-order valence-electron chi connectivity index (χ0n) is 21.3. The Kier molecular flexibility index (Phi) is 9.46. The van der Waals surface area contributed by atoms with Gasteiger partial charge in [0.1, 0.15) is 12.4 Å². The summed E-state index contributed by atoms with van der Waals surface area (Å²) in [6.45, 7) is 12.5. The zero-order chi connectivity index (χ0) is 27.3. The van der Waals surface area contributed by atoms with E-state index in [4.69, 9.17) is 13.9 Å². The van der Waals surface area contributed by atoms with Gasteiger partial charge >= 0.3 is 12.1 Å². The lowest BCUT2D eigenvalue weighted by Crippen LogP contribution is -2.41. The van der Waals surface area contributed by atoms with Gasteiger partial charge in [-0.2, -0.15) is 13.2 Å². The van der Waals surface area contributed by atoms with Crippen LogP contribution in [0.4, 0.5) is 17.6 Å². The number of ketones is 1. The Morgan fingerprint density at radius 1 is 1.08 bits per heavy atom. The fourth-order valence-electron chi connectivity index (χ4n) is 2.88. The van der Waals surface area contributed by atoms with E-state index in [9.17, 15) is 27.2 Å². The number of ether oxygens (including phenoxy) is 2. The quantitative estimate of drug-likeness (QED) is 0.118. The van der Waals surface area contributed by atoms with Crippen LogP contribution < -0.4 is 4.74 Å². The first-order chi connectivity index (χ1) is 16.6. The minimum Gasteiger partial charge on any atom is -0.477 e. The van der Waals surface area contributed by atoms with E-state index in [1.807, 2.05) is 0 Å². The van der Waals surface area contributed by atoms with Crippen molar-refractivity contribution >= 4 is 20.1 Å². The van der Waals surface area contributed by atoms with Gasteiger partial charge in [0.15, 0.2) is 19.8 Å². The van der Waals surface area contributed by atoms with E-state index in [1.165, 1.54) is 6.07 Å². The first-order valence-corrected chi connectivity index (χ1v) is 14.4. The van der Waals surface area contributed by atoms with Crippen molar-refractivity contribution < 1.29 is 41.1 Å². The van der Waals surface area contributed by atoms with Crippen molar-refractivity contribution in [2.45, 2.75) is 65.0 Å². The summed E-state index contributed by atoms with van der Waals surface area (Å²) in [5.74, 6) is -3.01. The number of rotatable bonds is 11. The Bertz CT molecular complexity index is 1080. The van der Waals surface area contributed by atoms with Crippen molar-refractivity contribution in [2.24, 2.45) is 0 Å². The maximum atomic E-state index is 13.6. The second-order valence-electron chi connectivity index (χ2n) is 9.67. The molecule has 0 bridgehead atoms. The molecule has 1 heterocycles. The molecule has 0 spiro atoms. The van der Waals surface area contributed by atoms with Gasteiger partial charge in [-0.25, -0.2) is 13.9 Å². The average molecular weight is 533 g/mol. The molecule has 0 radical (unpaired) electrons. The van der Waals surface area contributed by atoms with Gasteiger partial charge in [0.25, 0.3) is 0 Å². The molecule has 2 rings (SSSR count). The lowest BCUT2D eigenvalue weighted by molar-refractivity contribution is -0.140. The SMILES string of the molecule is CCOC(=O)c1cc(OCCCO[Si](C)(C)C(C)(C)C)nn1CC(=O)c1ccc(F)c(C(F)(F)F)c1. The maximum absolute atomic E-state index is 13.6. The number of carbonyl (C=O) groups excluding carboxylic acids is 2. The molecule has 200 valence electrons. The Hall–Kier alpha value is -2.73. The standard InChI is InChI=1S/C24H32F4N2O5Si/c1-7-33-22(32)19-14-21(34-11-8-12-35-36(5,6)23(2,3)4)29-30(19)15-20(31)16-9-10-18(25)17(13-16)24(26,27)28/h9-10,13-14H,7-8,11-12,15H2,1-6H3. The molecule has 0 N–H and O–H groups in total. The summed E-state index contributed by atoms with van der Waals surface area (Å²) in [7, 11) is -1.90. The van der Waals surface area contributed by atoms with Gasteiger partial charge in [0.2, 0.25) is 5.88 Å². The second kappa shape index (κ2) is 11.5. The number of carbonyl (C=O) groups is 2. The molecule has 0 atom stereocenters. The number of benzene rings is 1. The Morgan fingerprint density at radius 2 is 1.75 bits per heavy atom. The van der Waals surface area contributed by atoms with Crippen molar-refractivity contribution in [1.82, 2.24) is 9.78 Å². The van der Waals surface area contributed by atoms with Crippen molar-refractivity contribution in [3.05, 3.63) is 46.9 Å². The van der Waals surface area contributed by atoms with Gasteiger partial charge in [-0.1, -0.05) is 20.8 Å². The number of alkyl halides is 3. The Labute approximate surface area is 208 Å². The van der Waals surface area contributed by atoms with Crippen LogP contribution >= 0.6 is 0 Å². The summed E-state index contributed by atoms with van der Waals surface area (Å²) in [4.78, 5) is 25.0. The van der Waals surface area contributed by atoms with Crippen LogP contribution in [-0.2, 0) is 21.9 Å². The fraction of sp³-hybridized carbons (Fsp3) is 0.542. The maximum Gasteiger partial charge on any atom is 0.419 e. The van der Waals surface area contributed by atoms with Crippen LogP contribution in [0.1, 0.15) is 60.5 Å². The molecule has 0 aliphatic carbocycles. The highest BCUT2D eigenvalue weighted by Gasteiger charge is 2.37. The highest BCUT2D eigenvalue weighted by atomic mass is 28.4. The van der Waals surface area contributed by atoms with Crippen LogP contribution in [0, 0.1) is 5.82 Å². The summed E-state index contributed by atoms with van der Waals surface area (Å²) >= 11 is 0. The zero-order valence-corrected chi connectivity index (χ0v) is 22.3. The van der Waals surface area contributed by atoms with Crippen LogP contribution in [0.25, 0.3) is 0 Å². The first-order valence-electron chi connectivity index (χ1n) is 11.5. The van der Waals surface area contributed by atoms with E-state index in [-0.39, 0.29) is 35.4 Å². The molecular formula is C24H32F4N2O5Si. The van der Waals surface area contributed by atoms with Gasteiger partial charge in [-0.05, 0) is 43.3 Å². The largest absolute Gasteiger partial charge is 0.477 e. The number of nitrogens with zero attached hydrogens (tertiary/aromatic N) is 2. The third-order valence-electron chi connectivity index (χ3n) is 5.94. The molecule has 12 heteroatoms. The smallest absolute Gasteiger partial charge is 0.419 e. The van der Waals surface area contributed by atoms with Crippen LogP contribution in [0.5, 0.6) is 5.88 Å². The molecule has 0 aliphatic heterocycles. The van der Waals surface area contributed by atoms with Gasteiger partial charge in [-0.15, -0.1) is 5.10 Å². The predicted molar refractivity (Wildman–Crippen MR) is 127 cm³/mol. The van der Waals surface area contributed by atoms with Gasteiger partial charge in [0, 0.05) is 24.7 Å². The molecule has 0 saturated heterocycles. The fourth-order valence-corrected chi connectivity index (χ4v) is 3.96. The summed E-state index contributed by atoms with van der Waals surface area (Å²) < 4.78 is 70.3. The van der Waals surface area contributed by atoms with E-state index in [2.05, 4.69) is 39.0 Å². The molecule has 1 aromatic carbocycles. The Morgan fingerprint density at radius 3 is 2.33 bits per heavy atom. The van der Waals surface area contributed by atoms with E-state index in [0.717, 1.165) is 10.7 Å². The molecular weight excluding hydrogens is 500 g/mol. The molecule has 0 aliphatic rings.